The quantitative estimate of drug-likeness (QED) is 0.168. The molecule has 1 atom stereocenters. The fourth-order valence-electron chi connectivity index (χ4n) is 5.00. The molecule has 1 unspecified atom stereocenters. The van der Waals surface area contributed by atoms with Crippen LogP contribution in [-0.4, -0.2) is 35.0 Å². The summed E-state index contributed by atoms with van der Waals surface area (Å²) < 4.78 is 11.5. The number of carbonyl (C=O) groups excluding carboxylic acids is 2. The van der Waals surface area contributed by atoms with Crippen LogP contribution in [0.3, 0.4) is 0 Å². The molecule has 10 heteroatoms. The second-order valence-electron chi connectivity index (χ2n) is 10.7. The number of anilines is 1. The number of likely N-dealkylation sites (N-methyl/N-ethyl adjacent to an activating group) is 1. The highest BCUT2D eigenvalue weighted by Gasteiger charge is 2.25. The SMILES string of the molecule is Cc1c(CNC(=O)OCc2ccccc2)cc(Br)c2nc(NC(Cc3ccccc3)C(=O)N(C)Cc3ccccc3)oc(=O)c12. The summed E-state index contributed by atoms with van der Waals surface area (Å²) in [6, 6.07) is 29.7. The first kappa shape index (κ1) is 31.5. The van der Waals surface area contributed by atoms with Crippen molar-refractivity contribution < 1.29 is 18.7 Å². The van der Waals surface area contributed by atoms with Gasteiger partial charge in [0, 0.05) is 31.0 Å². The number of amides is 2. The summed E-state index contributed by atoms with van der Waals surface area (Å²) in [7, 11) is 1.74. The van der Waals surface area contributed by atoms with E-state index in [1.807, 2.05) is 91.0 Å². The average molecular weight is 670 g/mol. The summed E-state index contributed by atoms with van der Waals surface area (Å²) in [5, 5.41) is 6.10. The van der Waals surface area contributed by atoms with E-state index in [4.69, 9.17) is 9.15 Å². The van der Waals surface area contributed by atoms with Gasteiger partial charge in [0.1, 0.15) is 12.6 Å². The van der Waals surface area contributed by atoms with E-state index in [-0.39, 0.29) is 30.5 Å². The number of ether oxygens (including phenoxy) is 1. The number of halogens is 1. The van der Waals surface area contributed by atoms with Crippen LogP contribution in [0.1, 0.15) is 27.8 Å². The molecule has 0 radical (unpaired) electrons. The van der Waals surface area contributed by atoms with Gasteiger partial charge in [-0.3, -0.25) is 4.79 Å². The van der Waals surface area contributed by atoms with Crippen LogP contribution < -0.4 is 16.3 Å². The Hall–Kier alpha value is -4.96. The number of aromatic nitrogens is 1. The van der Waals surface area contributed by atoms with Crippen molar-refractivity contribution in [2.24, 2.45) is 0 Å². The molecule has 230 valence electrons. The van der Waals surface area contributed by atoms with Gasteiger partial charge in [0.05, 0.1) is 10.9 Å². The Morgan fingerprint density at radius 2 is 1.53 bits per heavy atom. The first-order chi connectivity index (χ1) is 21.8. The van der Waals surface area contributed by atoms with Gasteiger partial charge in [-0.2, -0.15) is 4.98 Å². The molecule has 0 aliphatic rings. The molecule has 2 N–H and O–H groups in total. The number of benzene rings is 4. The fraction of sp³-hybridized carbons (Fsp3) is 0.200. The monoisotopic (exact) mass is 668 g/mol. The number of nitrogens with zero attached hydrogens (tertiary/aromatic N) is 2. The van der Waals surface area contributed by atoms with Crippen LogP contribution in [0.25, 0.3) is 10.9 Å². The summed E-state index contributed by atoms with van der Waals surface area (Å²) in [6.45, 7) is 2.47. The minimum absolute atomic E-state index is 0.0645. The van der Waals surface area contributed by atoms with Crippen LogP contribution in [0.4, 0.5) is 10.8 Å². The standard InChI is InChI=1S/C35H33BrN4O5/c1-23-27(20-37-35(43)44-22-26-16-10-5-11-17-26)19-28(36)31-30(23)33(42)45-34(39-31)38-29(18-24-12-6-3-7-13-24)32(41)40(2)21-25-14-8-4-9-15-25/h3-17,19,29H,18,20-22H2,1-2H3,(H,37,43)(H,38,39). The van der Waals surface area contributed by atoms with Crippen LogP contribution in [0.5, 0.6) is 0 Å². The number of aryl methyl sites for hydroxylation is 1. The van der Waals surface area contributed by atoms with Crippen LogP contribution in [0.15, 0.2) is 111 Å². The summed E-state index contributed by atoms with van der Waals surface area (Å²) in [5.74, 6) is -0.178. The fourth-order valence-corrected chi connectivity index (χ4v) is 5.56. The first-order valence-corrected chi connectivity index (χ1v) is 15.2. The number of carbonyl (C=O) groups is 2. The second kappa shape index (κ2) is 14.7. The molecular formula is C35H33BrN4O5. The molecule has 2 amide bonds. The van der Waals surface area contributed by atoms with Crippen LogP contribution >= 0.6 is 15.9 Å². The zero-order valence-corrected chi connectivity index (χ0v) is 26.5. The van der Waals surface area contributed by atoms with Gasteiger partial charge in [0.25, 0.3) is 6.01 Å². The molecule has 0 aliphatic heterocycles. The van der Waals surface area contributed by atoms with Crippen molar-refractivity contribution in [2.45, 2.75) is 39.1 Å². The lowest BCUT2D eigenvalue weighted by Gasteiger charge is -2.25. The molecular weight excluding hydrogens is 636 g/mol. The molecule has 45 heavy (non-hydrogen) atoms. The van der Waals surface area contributed by atoms with Crippen LogP contribution in [0, 0.1) is 6.92 Å². The van der Waals surface area contributed by atoms with Crippen molar-refractivity contribution in [2.75, 3.05) is 12.4 Å². The Kier molecular flexibility index (Phi) is 10.3. The maximum Gasteiger partial charge on any atom is 0.407 e. The summed E-state index contributed by atoms with van der Waals surface area (Å²) in [4.78, 5) is 45.6. The number of alkyl carbamates (subject to hydrolysis) is 1. The Bertz CT molecular complexity index is 1830. The molecule has 0 saturated heterocycles. The zero-order chi connectivity index (χ0) is 31.8. The van der Waals surface area contributed by atoms with Gasteiger partial charge in [-0.1, -0.05) is 91.0 Å². The Morgan fingerprint density at radius 1 is 0.933 bits per heavy atom. The van der Waals surface area contributed by atoms with Gasteiger partial charge in [-0.25, -0.2) is 9.59 Å². The lowest BCUT2D eigenvalue weighted by Crippen LogP contribution is -2.42. The number of hydrogen-bond donors (Lipinski definition) is 2. The third-order valence-electron chi connectivity index (χ3n) is 7.38. The molecule has 9 nitrogen and oxygen atoms in total. The van der Waals surface area contributed by atoms with Gasteiger partial charge in [0.2, 0.25) is 5.91 Å². The topological polar surface area (TPSA) is 114 Å². The predicted octanol–water partition coefficient (Wildman–Crippen LogP) is 6.37. The lowest BCUT2D eigenvalue weighted by molar-refractivity contribution is -0.131. The van der Waals surface area contributed by atoms with E-state index < -0.39 is 17.8 Å². The normalized spacial score (nSPS) is 11.5. The smallest absolute Gasteiger partial charge is 0.407 e. The highest BCUT2D eigenvalue weighted by atomic mass is 79.9. The third-order valence-corrected chi connectivity index (χ3v) is 7.99. The molecule has 5 rings (SSSR count). The molecule has 4 aromatic carbocycles. The largest absolute Gasteiger partial charge is 0.445 e. The van der Waals surface area contributed by atoms with E-state index in [9.17, 15) is 14.4 Å². The lowest BCUT2D eigenvalue weighted by atomic mass is 10.0. The van der Waals surface area contributed by atoms with Gasteiger partial charge in [0.15, 0.2) is 0 Å². The van der Waals surface area contributed by atoms with Crippen molar-refractivity contribution in [1.82, 2.24) is 15.2 Å². The molecule has 0 bridgehead atoms. The molecule has 1 aromatic heterocycles. The van der Waals surface area contributed by atoms with E-state index in [1.165, 1.54) is 0 Å². The highest BCUT2D eigenvalue weighted by molar-refractivity contribution is 9.10. The maximum atomic E-state index is 13.7. The average Bonchev–Trinajstić information content (AvgIpc) is 3.05. The van der Waals surface area contributed by atoms with Crippen molar-refractivity contribution in [1.29, 1.82) is 0 Å². The van der Waals surface area contributed by atoms with E-state index in [0.717, 1.165) is 16.7 Å². The summed E-state index contributed by atoms with van der Waals surface area (Å²) in [5.41, 5.74) is 3.89. The predicted molar refractivity (Wildman–Crippen MR) is 177 cm³/mol. The number of rotatable bonds is 11. The van der Waals surface area contributed by atoms with Gasteiger partial charge < -0.3 is 24.7 Å². The van der Waals surface area contributed by atoms with E-state index in [1.54, 1.807) is 24.9 Å². The van der Waals surface area contributed by atoms with Crippen molar-refractivity contribution in [3.05, 3.63) is 140 Å². The Morgan fingerprint density at radius 3 is 2.18 bits per heavy atom. The van der Waals surface area contributed by atoms with Crippen molar-refractivity contribution in [3.63, 3.8) is 0 Å². The van der Waals surface area contributed by atoms with Gasteiger partial charge in [-0.05, 0) is 56.7 Å². The molecule has 0 saturated carbocycles. The molecule has 5 aromatic rings. The molecule has 0 aliphatic carbocycles. The number of fused-ring (bicyclic) bond motifs is 1. The minimum Gasteiger partial charge on any atom is -0.445 e. The highest BCUT2D eigenvalue weighted by Crippen LogP contribution is 2.28. The number of hydrogen-bond acceptors (Lipinski definition) is 7. The van der Waals surface area contributed by atoms with Crippen molar-refractivity contribution >= 4 is 44.8 Å². The third kappa shape index (κ3) is 8.16. The summed E-state index contributed by atoms with van der Waals surface area (Å²) in [6.07, 6.45) is -0.224. The van der Waals surface area contributed by atoms with E-state index in [0.29, 0.717) is 34.1 Å². The Balaban J connectivity index is 1.35. The maximum absolute atomic E-state index is 13.7. The van der Waals surface area contributed by atoms with E-state index in [2.05, 4.69) is 31.5 Å². The van der Waals surface area contributed by atoms with Gasteiger partial charge in [-0.15, -0.1) is 0 Å². The molecule has 0 spiro atoms. The van der Waals surface area contributed by atoms with Crippen molar-refractivity contribution in [3.8, 4) is 0 Å². The molecule has 0 fully saturated rings. The summed E-state index contributed by atoms with van der Waals surface area (Å²) >= 11 is 3.54. The Labute approximate surface area is 269 Å². The minimum atomic E-state index is -0.751. The second-order valence-corrected chi connectivity index (χ2v) is 11.5. The van der Waals surface area contributed by atoms with Crippen LogP contribution in [-0.2, 0) is 35.6 Å². The van der Waals surface area contributed by atoms with Crippen LogP contribution in [0.2, 0.25) is 0 Å². The van der Waals surface area contributed by atoms with Gasteiger partial charge >= 0.3 is 11.7 Å². The van der Waals surface area contributed by atoms with E-state index >= 15 is 0 Å². The first-order valence-electron chi connectivity index (χ1n) is 14.4. The zero-order valence-electron chi connectivity index (χ0n) is 25.0. The molecule has 1 heterocycles. The number of nitrogens with one attached hydrogen (secondary N) is 2.